The number of anilines is 1. The molecule has 1 aromatic carbocycles. The van der Waals surface area contributed by atoms with Gasteiger partial charge in [-0.05, 0) is 18.2 Å². The van der Waals surface area contributed by atoms with Crippen LogP contribution < -0.4 is 5.32 Å². The molecule has 0 unspecified atom stereocenters. The van der Waals surface area contributed by atoms with E-state index in [1.165, 1.54) is 6.20 Å². The Morgan fingerprint density at radius 3 is 2.89 bits per heavy atom. The quantitative estimate of drug-likeness (QED) is 0.885. The van der Waals surface area contributed by atoms with Crippen molar-refractivity contribution in [2.75, 3.05) is 5.32 Å². The summed E-state index contributed by atoms with van der Waals surface area (Å²) in [5.74, 6) is -1.50. The summed E-state index contributed by atoms with van der Waals surface area (Å²) < 4.78 is 1.91. The Morgan fingerprint density at radius 2 is 2.21 bits per heavy atom. The first kappa shape index (κ1) is 13.2. The van der Waals surface area contributed by atoms with Crippen molar-refractivity contribution in [1.82, 2.24) is 15.0 Å². The van der Waals surface area contributed by atoms with Crippen LogP contribution in [0.3, 0.4) is 0 Å². The van der Waals surface area contributed by atoms with E-state index < -0.39 is 11.9 Å². The van der Waals surface area contributed by atoms with Crippen LogP contribution in [0.2, 0.25) is 0 Å². The summed E-state index contributed by atoms with van der Waals surface area (Å²) in [5.41, 5.74) is 0.661. The lowest BCUT2D eigenvalue weighted by Crippen LogP contribution is -2.12. The number of halogens is 1. The monoisotopic (exact) mass is 324 g/mol. The number of nitrogens with one attached hydrogen (secondary N) is 1. The molecule has 0 aliphatic heterocycles. The largest absolute Gasteiger partial charge is 0.480 e. The summed E-state index contributed by atoms with van der Waals surface area (Å²) in [6, 6.07) is 7.07. The molecule has 0 spiro atoms. The number of rotatable bonds is 4. The van der Waals surface area contributed by atoms with Gasteiger partial charge in [-0.1, -0.05) is 27.2 Å². The van der Waals surface area contributed by atoms with Crippen LogP contribution in [0.25, 0.3) is 0 Å². The van der Waals surface area contributed by atoms with E-state index in [1.54, 1.807) is 18.2 Å². The Morgan fingerprint density at radius 1 is 1.42 bits per heavy atom. The van der Waals surface area contributed by atoms with Gasteiger partial charge in [0.15, 0.2) is 5.69 Å². The highest BCUT2D eigenvalue weighted by molar-refractivity contribution is 9.10. The highest BCUT2D eigenvalue weighted by Crippen LogP contribution is 2.16. The molecule has 0 fully saturated rings. The zero-order valence-electron chi connectivity index (χ0n) is 9.58. The zero-order valence-corrected chi connectivity index (χ0v) is 11.2. The highest BCUT2D eigenvalue weighted by atomic mass is 79.9. The van der Waals surface area contributed by atoms with Gasteiger partial charge in [-0.15, -0.1) is 5.10 Å². The van der Waals surface area contributed by atoms with Crippen molar-refractivity contribution in [2.24, 2.45) is 0 Å². The molecule has 8 heteroatoms. The van der Waals surface area contributed by atoms with Crippen molar-refractivity contribution >= 4 is 33.5 Å². The van der Waals surface area contributed by atoms with Gasteiger partial charge in [0.2, 0.25) is 0 Å². The van der Waals surface area contributed by atoms with E-state index in [2.05, 4.69) is 31.6 Å². The number of hydrogen-bond acceptors (Lipinski definition) is 4. The Labute approximate surface area is 116 Å². The van der Waals surface area contributed by atoms with Gasteiger partial charge >= 0.3 is 5.97 Å². The summed E-state index contributed by atoms with van der Waals surface area (Å²) in [6.07, 6.45) is 1.28. The van der Waals surface area contributed by atoms with Crippen molar-refractivity contribution in [3.63, 3.8) is 0 Å². The Bertz CT molecular complexity index is 626. The van der Waals surface area contributed by atoms with Crippen LogP contribution >= 0.6 is 15.9 Å². The predicted octanol–water partition coefficient (Wildman–Crippen LogP) is 1.38. The molecule has 98 valence electrons. The second-order valence-corrected chi connectivity index (χ2v) is 4.58. The molecule has 2 N–H and O–H groups in total. The van der Waals surface area contributed by atoms with E-state index in [0.717, 1.165) is 9.15 Å². The van der Waals surface area contributed by atoms with E-state index in [0.29, 0.717) is 5.69 Å². The van der Waals surface area contributed by atoms with E-state index in [1.807, 2.05) is 6.07 Å². The summed E-state index contributed by atoms with van der Waals surface area (Å²) in [7, 11) is 0. The molecule has 1 heterocycles. The van der Waals surface area contributed by atoms with Crippen molar-refractivity contribution < 1.29 is 14.7 Å². The molecule has 2 aromatic rings. The van der Waals surface area contributed by atoms with Gasteiger partial charge in [-0.2, -0.15) is 0 Å². The second kappa shape index (κ2) is 5.61. The Hall–Kier alpha value is -2.22. The number of aromatic nitrogens is 3. The molecular formula is C11H9BrN4O3. The number of carboxylic acid groups (broad SMARTS) is 1. The van der Waals surface area contributed by atoms with Gasteiger partial charge in [0.25, 0.3) is 5.91 Å². The van der Waals surface area contributed by atoms with Gasteiger partial charge in [-0.25, -0.2) is 4.68 Å². The minimum Gasteiger partial charge on any atom is -0.480 e. The number of carbonyl (C=O) groups excluding carboxylic acids is 1. The number of benzene rings is 1. The first-order valence-corrected chi connectivity index (χ1v) is 6.03. The summed E-state index contributed by atoms with van der Waals surface area (Å²) >= 11 is 3.29. The van der Waals surface area contributed by atoms with E-state index in [9.17, 15) is 9.59 Å². The van der Waals surface area contributed by atoms with Gasteiger partial charge in [0.05, 0.1) is 6.20 Å². The van der Waals surface area contributed by atoms with Crippen LogP contribution in [-0.4, -0.2) is 32.0 Å². The molecule has 0 aliphatic carbocycles. The smallest absolute Gasteiger partial charge is 0.325 e. The molecule has 2 rings (SSSR count). The standard InChI is InChI=1S/C11H9BrN4O3/c12-7-2-1-3-8(4-7)13-11(19)9-5-16(15-14-9)6-10(17)18/h1-5H,6H2,(H,13,19)(H,17,18). The molecule has 1 amide bonds. The van der Waals surface area contributed by atoms with Crippen molar-refractivity contribution in [2.45, 2.75) is 6.54 Å². The lowest BCUT2D eigenvalue weighted by atomic mass is 10.3. The maximum absolute atomic E-state index is 11.8. The highest BCUT2D eigenvalue weighted by Gasteiger charge is 2.12. The number of nitrogens with zero attached hydrogens (tertiary/aromatic N) is 3. The Balaban J connectivity index is 2.07. The van der Waals surface area contributed by atoms with E-state index in [-0.39, 0.29) is 12.2 Å². The molecule has 0 aliphatic rings. The fraction of sp³-hybridized carbons (Fsp3) is 0.0909. The first-order chi connectivity index (χ1) is 9.04. The molecule has 0 atom stereocenters. The molecular weight excluding hydrogens is 316 g/mol. The third-order valence-corrected chi connectivity index (χ3v) is 2.64. The minimum absolute atomic E-state index is 0.0567. The maximum atomic E-state index is 11.8. The molecule has 0 saturated carbocycles. The zero-order chi connectivity index (χ0) is 13.8. The number of carbonyl (C=O) groups is 2. The molecule has 7 nitrogen and oxygen atoms in total. The number of amides is 1. The average Bonchev–Trinajstić information content (AvgIpc) is 2.76. The van der Waals surface area contributed by atoms with Crippen molar-refractivity contribution in [1.29, 1.82) is 0 Å². The van der Waals surface area contributed by atoms with Crippen LogP contribution in [0.4, 0.5) is 5.69 Å². The summed E-state index contributed by atoms with van der Waals surface area (Å²) in [6.45, 7) is -0.336. The van der Waals surface area contributed by atoms with Crippen molar-refractivity contribution in [3.05, 3.63) is 40.6 Å². The lowest BCUT2D eigenvalue weighted by Gasteiger charge is -2.02. The molecule has 1 aromatic heterocycles. The summed E-state index contributed by atoms with van der Waals surface area (Å²) in [4.78, 5) is 22.3. The van der Waals surface area contributed by atoms with Crippen LogP contribution in [0, 0.1) is 0 Å². The molecule has 0 radical (unpaired) electrons. The van der Waals surface area contributed by atoms with Gasteiger partial charge in [0, 0.05) is 10.2 Å². The maximum Gasteiger partial charge on any atom is 0.325 e. The fourth-order valence-electron chi connectivity index (χ4n) is 1.38. The van der Waals surface area contributed by atoms with E-state index in [4.69, 9.17) is 5.11 Å². The Kier molecular flexibility index (Phi) is 3.91. The van der Waals surface area contributed by atoms with Crippen LogP contribution in [0.5, 0.6) is 0 Å². The minimum atomic E-state index is -1.05. The van der Waals surface area contributed by atoms with Crippen LogP contribution in [0.1, 0.15) is 10.5 Å². The van der Waals surface area contributed by atoms with Crippen molar-refractivity contribution in [3.8, 4) is 0 Å². The topological polar surface area (TPSA) is 97.1 Å². The van der Waals surface area contributed by atoms with E-state index >= 15 is 0 Å². The van der Waals surface area contributed by atoms with Crippen LogP contribution in [0.15, 0.2) is 34.9 Å². The normalized spacial score (nSPS) is 10.2. The average molecular weight is 325 g/mol. The first-order valence-electron chi connectivity index (χ1n) is 5.23. The number of hydrogen-bond donors (Lipinski definition) is 2. The summed E-state index contributed by atoms with van der Waals surface area (Å²) in [5, 5.41) is 18.4. The molecule has 0 saturated heterocycles. The lowest BCUT2D eigenvalue weighted by molar-refractivity contribution is -0.137. The third-order valence-electron chi connectivity index (χ3n) is 2.15. The molecule has 19 heavy (non-hydrogen) atoms. The SMILES string of the molecule is O=C(O)Cn1cc(C(=O)Nc2cccc(Br)c2)nn1. The fourth-order valence-corrected chi connectivity index (χ4v) is 1.78. The third kappa shape index (κ3) is 3.62. The number of carboxylic acids is 1. The van der Waals surface area contributed by atoms with Crippen LogP contribution in [-0.2, 0) is 11.3 Å². The molecule has 0 bridgehead atoms. The number of aliphatic carboxylic acids is 1. The second-order valence-electron chi connectivity index (χ2n) is 3.66. The van der Waals surface area contributed by atoms with Gasteiger partial charge in [0.1, 0.15) is 6.54 Å². The predicted molar refractivity (Wildman–Crippen MR) is 69.8 cm³/mol. The van der Waals surface area contributed by atoms with Gasteiger partial charge in [-0.3, -0.25) is 9.59 Å². The van der Waals surface area contributed by atoms with Gasteiger partial charge < -0.3 is 10.4 Å².